The number of hydrogen-bond donors (Lipinski definition) is 1. The standard InChI is InChI=1S/C15H30N2/c1-3-5-7-13(4-2)10-17-11-14-8-6-9-16-15(14)12-17/h13-16H,3-12H2,1-2H3. The molecule has 2 rings (SSSR count). The number of unbranched alkanes of at least 4 members (excludes halogenated alkanes) is 1. The quantitative estimate of drug-likeness (QED) is 0.765. The number of likely N-dealkylation sites (tertiary alicyclic amines) is 1. The molecule has 2 heteroatoms. The second kappa shape index (κ2) is 6.75. The maximum Gasteiger partial charge on any atom is 0.0235 e. The minimum atomic E-state index is 0.812. The third-order valence-corrected chi connectivity index (χ3v) is 4.73. The maximum atomic E-state index is 3.70. The summed E-state index contributed by atoms with van der Waals surface area (Å²) in [6.45, 7) is 9.95. The number of rotatable bonds is 6. The Labute approximate surface area is 107 Å². The molecule has 2 fully saturated rings. The first-order valence-electron chi connectivity index (χ1n) is 7.79. The molecule has 3 atom stereocenters. The summed E-state index contributed by atoms with van der Waals surface area (Å²) >= 11 is 0. The van der Waals surface area contributed by atoms with E-state index in [4.69, 9.17) is 0 Å². The van der Waals surface area contributed by atoms with Gasteiger partial charge in [-0.3, -0.25) is 0 Å². The molecule has 0 aromatic rings. The lowest BCUT2D eigenvalue weighted by atomic mass is 9.94. The molecule has 0 bridgehead atoms. The Morgan fingerprint density at radius 2 is 2.18 bits per heavy atom. The second-order valence-corrected chi connectivity index (χ2v) is 6.10. The van der Waals surface area contributed by atoms with Crippen molar-refractivity contribution in [3.63, 3.8) is 0 Å². The first-order valence-corrected chi connectivity index (χ1v) is 7.79. The average Bonchev–Trinajstić information content (AvgIpc) is 2.76. The SMILES string of the molecule is CCCCC(CC)CN1CC2CCCNC2C1. The summed E-state index contributed by atoms with van der Waals surface area (Å²) in [6, 6.07) is 0.812. The molecule has 2 nitrogen and oxygen atoms in total. The van der Waals surface area contributed by atoms with Gasteiger partial charge in [0.1, 0.15) is 0 Å². The average molecular weight is 238 g/mol. The van der Waals surface area contributed by atoms with Gasteiger partial charge < -0.3 is 10.2 Å². The van der Waals surface area contributed by atoms with E-state index in [1.807, 2.05) is 0 Å². The van der Waals surface area contributed by atoms with Crippen LogP contribution in [0.15, 0.2) is 0 Å². The largest absolute Gasteiger partial charge is 0.312 e. The van der Waals surface area contributed by atoms with Crippen LogP contribution in [0, 0.1) is 11.8 Å². The fraction of sp³-hybridized carbons (Fsp3) is 1.00. The molecule has 0 radical (unpaired) electrons. The van der Waals surface area contributed by atoms with Crippen LogP contribution < -0.4 is 5.32 Å². The van der Waals surface area contributed by atoms with Crippen LogP contribution in [0.2, 0.25) is 0 Å². The summed E-state index contributed by atoms with van der Waals surface area (Å²) in [6.07, 6.45) is 8.41. The van der Waals surface area contributed by atoms with Gasteiger partial charge in [0, 0.05) is 25.7 Å². The second-order valence-electron chi connectivity index (χ2n) is 6.10. The van der Waals surface area contributed by atoms with Gasteiger partial charge in [0.15, 0.2) is 0 Å². The van der Waals surface area contributed by atoms with E-state index in [0.717, 1.165) is 17.9 Å². The van der Waals surface area contributed by atoms with Crippen LogP contribution in [0.25, 0.3) is 0 Å². The Balaban J connectivity index is 1.75. The molecular weight excluding hydrogens is 208 g/mol. The summed E-state index contributed by atoms with van der Waals surface area (Å²) in [5.41, 5.74) is 0. The molecule has 2 aliphatic heterocycles. The Morgan fingerprint density at radius 3 is 2.88 bits per heavy atom. The number of nitrogens with zero attached hydrogens (tertiary/aromatic N) is 1. The minimum Gasteiger partial charge on any atom is -0.312 e. The van der Waals surface area contributed by atoms with Crippen LogP contribution in [0.4, 0.5) is 0 Å². The fourth-order valence-electron chi connectivity index (χ4n) is 3.57. The number of nitrogens with one attached hydrogen (secondary N) is 1. The van der Waals surface area contributed by atoms with Crippen LogP contribution in [0.3, 0.4) is 0 Å². The third-order valence-electron chi connectivity index (χ3n) is 4.73. The van der Waals surface area contributed by atoms with E-state index in [1.165, 1.54) is 64.7 Å². The Kier molecular flexibility index (Phi) is 5.30. The molecule has 17 heavy (non-hydrogen) atoms. The van der Waals surface area contributed by atoms with Crippen LogP contribution in [0.5, 0.6) is 0 Å². The highest BCUT2D eigenvalue weighted by Crippen LogP contribution is 2.26. The van der Waals surface area contributed by atoms with Gasteiger partial charge in [0.2, 0.25) is 0 Å². The maximum absolute atomic E-state index is 3.70. The van der Waals surface area contributed by atoms with Crippen molar-refractivity contribution < 1.29 is 0 Å². The summed E-state index contributed by atoms with van der Waals surface area (Å²) in [4.78, 5) is 2.73. The molecule has 0 aromatic carbocycles. The summed E-state index contributed by atoms with van der Waals surface area (Å²) < 4.78 is 0. The number of hydrogen-bond acceptors (Lipinski definition) is 2. The van der Waals surface area contributed by atoms with Gasteiger partial charge in [-0.05, 0) is 37.6 Å². The monoisotopic (exact) mass is 238 g/mol. The molecule has 0 spiro atoms. The molecule has 0 aromatic heterocycles. The lowest BCUT2D eigenvalue weighted by Crippen LogP contribution is -2.40. The smallest absolute Gasteiger partial charge is 0.0235 e. The highest BCUT2D eigenvalue weighted by molar-refractivity contribution is 4.92. The molecule has 0 aliphatic carbocycles. The van der Waals surface area contributed by atoms with Gasteiger partial charge in [-0.1, -0.05) is 33.1 Å². The Bertz CT molecular complexity index is 203. The van der Waals surface area contributed by atoms with Gasteiger partial charge in [0.25, 0.3) is 0 Å². The zero-order valence-electron chi connectivity index (χ0n) is 11.8. The van der Waals surface area contributed by atoms with E-state index in [1.54, 1.807) is 0 Å². The van der Waals surface area contributed by atoms with E-state index >= 15 is 0 Å². The highest BCUT2D eigenvalue weighted by Gasteiger charge is 2.34. The van der Waals surface area contributed by atoms with Crippen molar-refractivity contribution in [3.8, 4) is 0 Å². The predicted octanol–water partition coefficient (Wildman–Crippen LogP) is 2.89. The topological polar surface area (TPSA) is 15.3 Å². The van der Waals surface area contributed by atoms with Crippen molar-refractivity contribution in [2.24, 2.45) is 11.8 Å². The zero-order chi connectivity index (χ0) is 12.1. The van der Waals surface area contributed by atoms with E-state index in [9.17, 15) is 0 Å². The Morgan fingerprint density at radius 1 is 1.29 bits per heavy atom. The van der Waals surface area contributed by atoms with Crippen LogP contribution >= 0.6 is 0 Å². The van der Waals surface area contributed by atoms with Crippen molar-refractivity contribution >= 4 is 0 Å². The minimum absolute atomic E-state index is 0.812. The first kappa shape index (κ1) is 13.4. The lowest BCUT2D eigenvalue weighted by molar-refractivity contribution is 0.251. The molecule has 1 N–H and O–H groups in total. The summed E-state index contributed by atoms with van der Waals surface area (Å²) in [5.74, 6) is 1.89. The lowest BCUT2D eigenvalue weighted by Gasteiger charge is -2.24. The van der Waals surface area contributed by atoms with E-state index < -0.39 is 0 Å². The van der Waals surface area contributed by atoms with E-state index in [2.05, 4.69) is 24.1 Å². The molecule has 2 saturated heterocycles. The molecule has 2 aliphatic rings. The first-order chi connectivity index (χ1) is 8.33. The Hall–Kier alpha value is -0.0800. The zero-order valence-corrected chi connectivity index (χ0v) is 11.8. The molecule has 100 valence electrons. The van der Waals surface area contributed by atoms with Crippen molar-refractivity contribution in [1.29, 1.82) is 0 Å². The normalized spacial score (nSPS) is 31.4. The van der Waals surface area contributed by atoms with Crippen molar-refractivity contribution in [1.82, 2.24) is 10.2 Å². The van der Waals surface area contributed by atoms with Crippen LogP contribution in [-0.2, 0) is 0 Å². The summed E-state index contributed by atoms with van der Waals surface area (Å²) in [5, 5.41) is 3.70. The van der Waals surface area contributed by atoms with Crippen LogP contribution in [-0.4, -0.2) is 37.1 Å². The molecule has 2 heterocycles. The van der Waals surface area contributed by atoms with Gasteiger partial charge in [-0.2, -0.15) is 0 Å². The molecule has 0 amide bonds. The van der Waals surface area contributed by atoms with Gasteiger partial charge in [0.05, 0.1) is 0 Å². The van der Waals surface area contributed by atoms with Gasteiger partial charge in [-0.25, -0.2) is 0 Å². The summed E-state index contributed by atoms with van der Waals surface area (Å²) in [7, 11) is 0. The van der Waals surface area contributed by atoms with Gasteiger partial charge in [-0.15, -0.1) is 0 Å². The van der Waals surface area contributed by atoms with Crippen molar-refractivity contribution in [3.05, 3.63) is 0 Å². The predicted molar refractivity (Wildman–Crippen MR) is 74.3 cm³/mol. The number of fused-ring (bicyclic) bond motifs is 1. The molecule has 0 saturated carbocycles. The van der Waals surface area contributed by atoms with E-state index in [0.29, 0.717) is 0 Å². The molecular formula is C15H30N2. The van der Waals surface area contributed by atoms with Gasteiger partial charge >= 0.3 is 0 Å². The van der Waals surface area contributed by atoms with Crippen molar-refractivity contribution in [2.45, 2.75) is 58.4 Å². The van der Waals surface area contributed by atoms with Crippen molar-refractivity contribution in [2.75, 3.05) is 26.2 Å². The highest BCUT2D eigenvalue weighted by atomic mass is 15.2. The fourth-order valence-corrected chi connectivity index (χ4v) is 3.57. The van der Waals surface area contributed by atoms with E-state index in [-0.39, 0.29) is 0 Å². The third kappa shape index (κ3) is 3.69. The number of piperidine rings is 1. The van der Waals surface area contributed by atoms with Crippen LogP contribution in [0.1, 0.15) is 52.4 Å². The molecule has 3 unspecified atom stereocenters.